The van der Waals surface area contributed by atoms with Crippen LogP contribution < -0.4 is 10.5 Å². The molecule has 0 heterocycles. The number of nitrogens with zero attached hydrogens (tertiary/aromatic N) is 1. The Morgan fingerprint density at radius 2 is 2.11 bits per heavy atom. The Kier molecular flexibility index (Phi) is 4.45. The maximum absolute atomic E-state index is 12.2. The molecular formula is C9H7ClF2N2O3S. The molecule has 0 bridgehead atoms. The van der Waals surface area contributed by atoms with Gasteiger partial charge in [0, 0.05) is 22.8 Å². The van der Waals surface area contributed by atoms with Crippen LogP contribution in [0.4, 0.5) is 8.78 Å². The zero-order valence-electron chi connectivity index (χ0n) is 8.73. The van der Waals surface area contributed by atoms with E-state index >= 15 is 0 Å². The van der Waals surface area contributed by atoms with Gasteiger partial charge in [0.1, 0.15) is 11.8 Å². The van der Waals surface area contributed by atoms with E-state index in [1.165, 1.54) is 0 Å². The Labute approximate surface area is 106 Å². The predicted octanol–water partition coefficient (Wildman–Crippen LogP) is 1.55. The molecule has 0 spiro atoms. The second kappa shape index (κ2) is 5.48. The third-order valence-electron chi connectivity index (χ3n) is 1.97. The SMILES string of the molecule is N#Cc1cc(S(=O)(=O)Cl)cc(CN)c1OC(F)F. The van der Waals surface area contributed by atoms with Crippen molar-refractivity contribution in [3.8, 4) is 11.8 Å². The summed E-state index contributed by atoms with van der Waals surface area (Å²) in [5.41, 5.74) is 4.86. The van der Waals surface area contributed by atoms with Gasteiger partial charge in [0.05, 0.1) is 10.5 Å². The van der Waals surface area contributed by atoms with E-state index in [2.05, 4.69) is 4.74 Å². The summed E-state index contributed by atoms with van der Waals surface area (Å²) in [7, 11) is 1.02. The van der Waals surface area contributed by atoms with Crippen LogP contribution in [0.5, 0.6) is 5.75 Å². The van der Waals surface area contributed by atoms with Gasteiger partial charge in [0.25, 0.3) is 9.05 Å². The Morgan fingerprint density at radius 1 is 1.50 bits per heavy atom. The van der Waals surface area contributed by atoms with Gasteiger partial charge in [-0.05, 0) is 12.1 Å². The van der Waals surface area contributed by atoms with Crippen molar-refractivity contribution in [1.82, 2.24) is 0 Å². The molecule has 1 aromatic rings. The lowest BCUT2D eigenvalue weighted by atomic mass is 10.1. The van der Waals surface area contributed by atoms with E-state index in [1.807, 2.05) is 0 Å². The minimum absolute atomic E-state index is 0.0476. The summed E-state index contributed by atoms with van der Waals surface area (Å²) < 4.78 is 50.8. The second-order valence-corrected chi connectivity index (χ2v) is 5.66. The molecule has 0 aliphatic heterocycles. The van der Waals surface area contributed by atoms with Crippen molar-refractivity contribution in [2.75, 3.05) is 0 Å². The maximum Gasteiger partial charge on any atom is 0.387 e. The molecule has 18 heavy (non-hydrogen) atoms. The molecule has 0 aliphatic rings. The van der Waals surface area contributed by atoms with E-state index in [0.717, 1.165) is 12.1 Å². The largest absolute Gasteiger partial charge is 0.433 e. The van der Waals surface area contributed by atoms with Crippen LogP contribution in [0.3, 0.4) is 0 Å². The number of nitriles is 1. The van der Waals surface area contributed by atoms with E-state index < -0.39 is 26.3 Å². The highest BCUT2D eigenvalue weighted by Crippen LogP contribution is 2.30. The standard InChI is InChI=1S/C9H7ClF2N2O3S/c10-18(15,16)7-1-5(3-13)8(17-9(11)12)6(2-7)4-14/h1-2,9H,3,13H2. The molecule has 2 N–H and O–H groups in total. The number of hydrogen-bond donors (Lipinski definition) is 1. The van der Waals surface area contributed by atoms with Crippen molar-refractivity contribution in [3.05, 3.63) is 23.3 Å². The van der Waals surface area contributed by atoms with Gasteiger partial charge >= 0.3 is 6.61 Å². The molecular weight excluding hydrogens is 290 g/mol. The van der Waals surface area contributed by atoms with Crippen molar-refractivity contribution < 1.29 is 21.9 Å². The van der Waals surface area contributed by atoms with E-state index in [9.17, 15) is 17.2 Å². The monoisotopic (exact) mass is 296 g/mol. The van der Waals surface area contributed by atoms with Crippen molar-refractivity contribution in [2.45, 2.75) is 18.1 Å². The molecule has 9 heteroatoms. The summed E-state index contributed by atoms with van der Waals surface area (Å²) in [6.07, 6.45) is 0. The number of benzene rings is 1. The van der Waals surface area contributed by atoms with Gasteiger partial charge in [0.15, 0.2) is 0 Å². The van der Waals surface area contributed by atoms with E-state index in [4.69, 9.17) is 21.7 Å². The fourth-order valence-electron chi connectivity index (χ4n) is 1.26. The smallest absolute Gasteiger partial charge is 0.387 e. The first kappa shape index (κ1) is 14.6. The molecule has 0 fully saturated rings. The molecule has 0 aromatic heterocycles. The highest BCUT2D eigenvalue weighted by molar-refractivity contribution is 8.13. The third-order valence-corrected chi connectivity index (χ3v) is 3.30. The zero-order valence-corrected chi connectivity index (χ0v) is 10.3. The van der Waals surface area contributed by atoms with Gasteiger partial charge in [-0.15, -0.1) is 0 Å². The number of nitrogens with two attached hydrogens (primary N) is 1. The second-order valence-electron chi connectivity index (χ2n) is 3.09. The molecule has 0 unspecified atom stereocenters. The first-order valence-electron chi connectivity index (χ1n) is 4.46. The van der Waals surface area contributed by atoms with Crippen LogP contribution in [-0.2, 0) is 15.6 Å². The summed E-state index contributed by atoms with van der Waals surface area (Å²) in [5, 5.41) is 8.79. The Morgan fingerprint density at radius 3 is 2.50 bits per heavy atom. The maximum atomic E-state index is 12.2. The molecule has 5 nitrogen and oxygen atoms in total. The Balaban J connectivity index is 3.50. The zero-order chi connectivity index (χ0) is 13.9. The fourth-order valence-corrected chi connectivity index (χ4v) is 2.07. The lowest BCUT2D eigenvalue weighted by Gasteiger charge is -2.12. The lowest BCUT2D eigenvalue weighted by Crippen LogP contribution is -2.10. The molecule has 0 atom stereocenters. The van der Waals surface area contributed by atoms with E-state index in [0.29, 0.717) is 0 Å². The van der Waals surface area contributed by atoms with Gasteiger partial charge in [-0.25, -0.2) is 8.42 Å². The lowest BCUT2D eigenvalue weighted by molar-refractivity contribution is -0.0506. The minimum Gasteiger partial charge on any atom is -0.433 e. The van der Waals surface area contributed by atoms with Crippen LogP contribution in [-0.4, -0.2) is 15.0 Å². The van der Waals surface area contributed by atoms with Gasteiger partial charge in [-0.3, -0.25) is 0 Å². The van der Waals surface area contributed by atoms with Crippen LogP contribution in [0.15, 0.2) is 17.0 Å². The number of ether oxygens (including phenoxy) is 1. The quantitative estimate of drug-likeness (QED) is 0.851. The Bertz CT molecular complexity index is 599. The molecule has 0 saturated carbocycles. The Hall–Kier alpha value is -1.43. The number of halogens is 3. The molecule has 98 valence electrons. The average molecular weight is 297 g/mol. The third kappa shape index (κ3) is 3.29. The van der Waals surface area contributed by atoms with Crippen LogP contribution in [0.25, 0.3) is 0 Å². The van der Waals surface area contributed by atoms with Gasteiger partial charge in [-0.2, -0.15) is 14.0 Å². The van der Waals surface area contributed by atoms with Crippen LogP contribution >= 0.6 is 10.7 Å². The summed E-state index contributed by atoms with van der Waals surface area (Å²) in [6.45, 7) is -3.43. The number of rotatable bonds is 4. The van der Waals surface area contributed by atoms with E-state index in [1.54, 1.807) is 6.07 Å². The molecule has 1 rings (SSSR count). The summed E-state index contributed by atoms with van der Waals surface area (Å²) in [5.74, 6) is -0.445. The highest BCUT2D eigenvalue weighted by Gasteiger charge is 2.20. The average Bonchev–Trinajstić information content (AvgIpc) is 2.26. The topological polar surface area (TPSA) is 93.2 Å². The summed E-state index contributed by atoms with van der Waals surface area (Å²) in [4.78, 5) is -0.400. The molecule has 1 aromatic carbocycles. The van der Waals surface area contributed by atoms with Crippen molar-refractivity contribution >= 4 is 19.7 Å². The molecule has 0 saturated heterocycles. The number of alkyl halides is 2. The highest BCUT2D eigenvalue weighted by atomic mass is 35.7. The van der Waals surface area contributed by atoms with E-state index in [-0.39, 0.29) is 17.7 Å². The van der Waals surface area contributed by atoms with Crippen molar-refractivity contribution in [2.24, 2.45) is 5.73 Å². The first-order valence-corrected chi connectivity index (χ1v) is 6.77. The number of hydrogen-bond acceptors (Lipinski definition) is 5. The molecule has 0 radical (unpaired) electrons. The molecule has 0 amide bonds. The molecule has 0 aliphatic carbocycles. The minimum atomic E-state index is -4.09. The normalized spacial score (nSPS) is 11.3. The summed E-state index contributed by atoms with van der Waals surface area (Å²) >= 11 is 0. The van der Waals surface area contributed by atoms with Gasteiger partial charge in [-0.1, -0.05) is 0 Å². The van der Waals surface area contributed by atoms with Crippen molar-refractivity contribution in [1.29, 1.82) is 5.26 Å². The van der Waals surface area contributed by atoms with Crippen molar-refractivity contribution in [3.63, 3.8) is 0 Å². The van der Waals surface area contributed by atoms with Crippen LogP contribution in [0.1, 0.15) is 11.1 Å². The first-order chi connectivity index (χ1) is 8.29. The van der Waals surface area contributed by atoms with Gasteiger partial charge < -0.3 is 10.5 Å². The van der Waals surface area contributed by atoms with Crippen LogP contribution in [0.2, 0.25) is 0 Å². The fraction of sp³-hybridized carbons (Fsp3) is 0.222. The van der Waals surface area contributed by atoms with Crippen LogP contribution in [0, 0.1) is 11.3 Å². The summed E-state index contributed by atoms with van der Waals surface area (Å²) in [6, 6.07) is 3.38. The predicted molar refractivity (Wildman–Crippen MR) is 58.7 cm³/mol. The van der Waals surface area contributed by atoms with Gasteiger partial charge in [0.2, 0.25) is 0 Å².